The van der Waals surface area contributed by atoms with Gasteiger partial charge in [0.15, 0.2) is 0 Å². The van der Waals surface area contributed by atoms with Crippen molar-refractivity contribution in [3.05, 3.63) is 41.2 Å². The molecule has 0 unspecified atom stereocenters. The summed E-state index contributed by atoms with van der Waals surface area (Å²) in [5.74, 6) is 0. The van der Waals surface area contributed by atoms with Crippen LogP contribution in [0.25, 0.3) is 0 Å². The summed E-state index contributed by atoms with van der Waals surface area (Å²) in [4.78, 5) is 0. The Kier molecular flexibility index (Phi) is 3.60. The smallest absolute Gasteiger partial charge is 0.0716 e. The highest BCUT2D eigenvalue weighted by molar-refractivity contribution is 9.10. The Morgan fingerprint density at radius 3 is 2.45 bits per heavy atom. The van der Waals surface area contributed by atoms with Gasteiger partial charge in [-0.3, -0.25) is 0 Å². The van der Waals surface area contributed by atoms with E-state index in [2.05, 4.69) is 22.9 Å². The summed E-state index contributed by atoms with van der Waals surface area (Å²) >= 11 is 3.36. The molecule has 1 aromatic rings. The molecule has 0 bridgehead atoms. The summed E-state index contributed by atoms with van der Waals surface area (Å²) in [6, 6.07) is 8.06. The van der Waals surface area contributed by atoms with Gasteiger partial charge in [-0.1, -0.05) is 28.1 Å². The first kappa shape index (κ1) is 8.75. The van der Waals surface area contributed by atoms with Crippen molar-refractivity contribution in [3.8, 4) is 0 Å². The third-order valence-corrected chi connectivity index (χ3v) is 1.85. The zero-order valence-corrected chi connectivity index (χ0v) is 7.80. The maximum Gasteiger partial charge on any atom is 0.0716 e. The summed E-state index contributed by atoms with van der Waals surface area (Å²) in [5.41, 5.74) is 1.18. The van der Waals surface area contributed by atoms with Gasteiger partial charge in [0.1, 0.15) is 0 Å². The molecule has 0 aliphatic carbocycles. The minimum absolute atomic E-state index is 0.524. The van der Waals surface area contributed by atoms with Gasteiger partial charge in [0.25, 0.3) is 0 Å². The average Bonchev–Trinajstić information content (AvgIpc) is 2.04. The molecule has 11 heavy (non-hydrogen) atoms. The molecule has 0 fully saturated rings. The Morgan fingerprint density at radius 1 is 1.27 bits per heavy atom. The van der Waals surface area contributed by atoms with Crippen LogP contribution in [0, 0.1) is 6.92 Å². The normalized spacial score (nSPS) is 10.0. The van der Waals surface area contributed by atoms with E-state index in [0.717, 1.165) is 4.47 Å². The molecular weight excluding hydrogens is 204 g/mol. The van der Waals surface area contributed by atoms with E-state index in [0.29, 0.717) is 13.2 Å². The summed E-state index contributed by atoms with van der Waals surface area (Å²) < 4.78 is 6.23. The summed E-state index contributed by atoms with van der Waals surface area (Å²) in [6.07, 6.45) is 0. The Labute approximate surface area is 75.5 Å². The topological polar surface area (TPSA) is 9.23 Å². The van der Waals surface area contributed by atoms with Crippen LogP contribution in [0.4, 0.5) is 0 Å². The largest absolute Gasteiger partial charge is 0.377 e. The van der Waals surface area contributed by atoms with Crippen molar-refractivity contribution in [1.82, 2.24) is 0 Å². The van der Waals surface area contributed by atoms with Crippen molar-refractivity contribution in [3.63, 3.8) is 0 Å². The highest BCUT2D eigenvalue weighted by atomic mass is 79.9. The standard InChI is InChI=1S/C9H10BrO/c1-2-11-7-8-3-5-9(10)6-4-8/h3-6H,1-2,7H2. The SMILES string of the molecule is [CH2]COCc1ccc(Br)cc1. The highest BCUT2D eigenvalue weighted by Crippen LogP contribution is 2.10. The molecule has 0 atom stereocenters. The molecule has 0 aliphatic rings. The second-order valence-corrected chi connectivity index (χ2v) is 3.09. The molecule has 0 N–H and O–H groups in total. The Balaban J connectivity index is 2.52. The van der Waals surface area contributed by atoms with E-state index in [4.69, 9.17) is 4.74 Å². The van der Waals surface area contributed by atoms with Gasteiger partial charge in [0.2, 0.25) is 0 Å². The number of halogens is 1. The van der Waals surface area contributed by atoms with E-state index in [9.17, 15) is 0 Å². The van der Waals surface area contributed by atoms with Crippen LogP contribution in [0.5, 0.6) is 0 Å². The van der Waals surface area contributed by atoms with Crippen molar-refractivity contribution in [2.24, 2.45) is 0 Å². The zero-order chi connectivity index (χ0) is 8.10. The van der Waals surface area contributed by atoms with Gasteiger partial charge in [0.05, 0.1) is 6.61 Å². The fourth-order valence-corrected chi connectivity index (χ4v) is 1.03. The molecule has 0 heterocycles. The van der Waals surface area contributed by atoms with E-state index in [1.165, 1.54) is 5.56 Å². The average molecular weight is 214 g/mol. The first-order valence-electron chi connectivity index (χ1n) is 3.44. The second kappa shape index (κ2) is 4.52. The van der Waals surface area contributed by atoms with E-state index < -0.39 is 0 Å². The van der Waals surface area contributed by atoms with Crippen molar-refractivity contribution < 1.29 is 4.74 Å². The minimum Gasteiger partial charge on any atom is -0.377 e. The minimum atomic E-state index is 0.524. The van der Waals surface area contributed by atoms with Crippen molar-refractivity contribution >= 4 is 15.9 Å². The predicted octanol–water partition coefficient (Wildman–Crippen LogP) is 2.80. The summed E-state index contributed by atoms with van der Waals surface area (Å²) in [7, 11) is 0. The van der Waals surface area contributed by atoms with E-state index in [1.807, 2.05) is 24.3 Å². The number of ether oxygens (including phenoxy) is 1. The number of hydrogen-bond acceptors (Lipinski definition) is 1. The van der Waals surface area contributed by atoms with Gasteiger partial charge in [-0.15, -0.1) is 0 Å². The molecule has 59 valence electrons. The number of benzene rings is 1. The molecular formula is C9H10BrO. The fraction of sp³-hybridized carbons (Fsp3) is 0.222. The lowest BCUT2D eigenvalue weighted by atomic mass is 10.2. The Hall–Kier alpha value is -0.340. The van der Waals surface area contributed by atoms with Gasteiger partial charge < -0.3 is 4.74 Å². The Morgan fingerprint density at radius 2 is 1.91 bits per heavy atom. The molecule has 0 amide bonds. The van der Waals surface area contributed by atoms with Crippen LogP contribution in [-0.2, 0) is 11.3 Å². The van der Waals surface area contributed by atoms with Crippen LogP contribution in [0.3, 0.4) is 0 Å². The van der Waals surface area contributed by atoms with Crippen LogP contribution >= 0.6 is 15.9 Å². The number of rotatable bonds is 3. The lowest BCUT2D eigenvalue weighted by Crippen LogP contribution is -1.90. The molecule has 1 aromatic carbocycles. The van der Waals surface area contributed by atoms with Crippen LogP contribution in [0.2, 0.25) is 0 Å². The van der Waals surface area contributed by atoms with Crippen LogP contribution < -0.4 is 0 Å². The molecule has 2 heteroatoms. The highest BCUT2D eigenvalue weighted by Gasteiger charge is 1.90. The Bertz CT molecular complexity index is 205. The first-order chi connectivity index (χ1) is 5.33. The molecule has 1 rings (SSSR count). The van der Waals surface area contributed by atoms with Gasteiger partial charge in [-0.2, -0.15) is 0 Å². The van der Waals surface area contributed by atoms with Crippen LogP contribution in [0.1, 0.15) is 5.56 Å². The van der Waals surface area contributed by atoms with Crippen molar-refractivity contribution in [2.75, 3.05) is 6.61 Å². The van der Waals surface area contributed by atoms with Gasteiger partial charge >= 0.3 is 0 Å². The molecule has 0 spiro atoms. The van der Waals surface area contributed by atoms with Crippen molar-refractivity contribution in [2.45, 2.75) is 6.61 Å². The maximum atomic E-state index is 5.13. The summed E-state index contributed by atoms with van der Waals surface area (Å²) in [6.45, 7) is 4.76. The predicted molar refractivity (Wildman–Crippen MR) is 49.2 cm³/mol. The monoisotopic (exact) mass is 213 g/mol. The third-order valence-electron chi connectivity index (χ3n) is 1.33. The van der Waals surface area contributed by atoms with Crippen molar-refractivity contribution in [1.29, 1.82) is 0 Å². The van der Waals surface area contributed by atoms with E-state index in [-0.39, 0.29) is 0 Å². The molecule has 1 nitrogen and oxygen atoms in total. The molecule has 0 aromatic heterocycles. The van der Waals surface area contributed by atoms with Crippen LogP contribution in [-0.4, -0.2) is 6.61 Å². The first-order valence-corrected chi connectivity index (χ1v) is 4.23. The lowest BCUT2D eigenvalue weighted by molar-refractivity contribution is 0.147. The van der Waals surface area contributed by atoms with Crippen LogP contribution in [0.15, 0.2) is 28.7 Å². The van der Waals surface area contributed by atoms with Gasteiger partial charge in [0, 0.05) is 11.1 Å². The van der Waals surface area contributed by atoms with E-state index in [1.54, 1.807) is 0 Å². The maximum absolute atomic E-state index is 5.13. The molecule has 0 saturated heterocycles. The van der Waals surface area contributed by atoms with Gasteiger partial charge in [-0.05, 0) is 24.6 Å². The molecule has 0 saturated carbocycles. The van der Waals surface area contributed by atoms with E-state index >= 15 is 0 Å². The fourth-order valence-electron chi connectivity index (χ4n) is 0.771. The molecule has 1 radical (unpaired) electrons. The quantitative estimate of drug-likeness (QED) is 0.751. The third kappa shape index (κ3) is 3.04. The summed E-state index contributed by atoms with van der Waals surface area (Å²) in [5, 5.41) is 0. The number of hydrogen-bond donors (Lipinski definition) is 0. The second-order valence-electron chi connectivity index (χ2n) is 2.18. The molecule has 0 aliphatic heterocycles. The van der Waals surface area contributed by atoms with Gasteiger partial charge in [-0.25, -0.2) is 0 Å². The zero-order valence-electron chi connectivity index (χ0n) is 6.22. The lowest BCUT2D eigenvalue weighted by Gasteiger charge is -2.00.